The monoisotopic (exact) mass is 328 g/mol. The number of carbonyl (C=O) groups is 1. The summed E-state index contributed by atoms with van der Waals surface area (Å²) in [5.74, 6) is 1.42. The van der Waals surface area contributed by atoms with E-state index in [9.17, 15) is 4.79 Å². The number of ketones is 1. The molecule has 0 aliphatic heterocycles. The standard InChI is InChI=1S/C19H20O3S/c1-3-21-16-9-5-15(19(13-16)22-4-2)8-12-18(20)14-6-10-17(23)11-7-14/h5-10,12-13H,3-4,11H2,1-2H3. The van der Waals surface area contributed by atoms with E-state index in [2.05, 4.69) is 0 Å². The number of hydrogen-bond donors (Lipinski definition) is 0. The van der Waals surface area contributed by atoms with Crippen LogP contribution in [0.5, 0.6) is 11.5 Å². The van der Waals surface area contributed by atoms with Crippen LogP contribution < -0.4 is 9.47 Å². The molecule has 120 valence electrons. The molecule has 0 bridgehead atoms. The quantitative estimate of drug-likeness (QED) is 0.551. The topological polar surface area (TPSA) is 35.5 Å². The molecule has 0 heterocycles. The van der Waals surface area contributed by atoms with Gasteiger partial charge in [0.05, 0.1) is 13.2 Å². The van der Waals surface area contributed by atoms with Gasteiger partial charge >= 0.3 is 0 Å². The van der Waals surface area contributed by atoms with Crippen molar-refractivity contribution in [2.75, 3.05) is 13.2 Å². The number of carbonyl (C=O) groups excluding carboxylic acids is 1. The number of benzene rings is 1. The number of allylic oxidation sites excluding steroid dienone is 5. The van der Waals surface area contributed by atoms with Crippen molar-refractivity contribution in [3.05, 3.63) is 53.6 Å². The van der Waals surface area contributed by atoms with Crippen molar-refractivity contribution in [1.82, 2.24) is 0 Å². The summed E-state index contributed by atoms with van der Waals surface area (Å²) in [6, 6.07) is 5.60. The first kappa shape index (κ1) is 17.2. The van der Waals surface area contributed by atoms with Crippen LogP contribution in [0.1, 0.15) is 25.8 Å². The number of ether oxygens (including phenoxy) is 2. The second-order valence-corrected chi connectivity index (χ2v) is 5.45. The number of rotatable bonds is 7. The molecule has 0 fully saturated rings. The van der Waals surface area contributed by atoms with Gasteiger partial charge in [-0.25, -0.2) is 0 Å². The smallest absolute Gasteiger partial charge is 0.185 e. The van der Waals surface area contributed by atoms with Gasteiger partial charge in [0.15, 0.2) is 5.78 Å². The average Bonchev–Trinajstić information content (AvgIpc) is 2.55. The Bertz CT molecular complexity index is 684. The van der Waals surface area contributed by atoms with Gasteiger partial charge in [0, 0.05) is 28.5 Å². The fourth-order valence-electron chi connectivity index (χ4n) is 2.16. The van der Waals surface area contributed by atoms with Crippen LogP contribution in [0.25, 0.3) is 6.08 Å². The Labute approximate surface area is 142 Å². The van der Waals surface area contributed by atoms with Gasteiger partial charge in [0.25, 0.3) is 0 Å². The first-order valence-electron chi connectivity index (χ1n) is 7.67. The summed E-state index contributed by atoms with van der Waals surface area (Å²) in [6.07, 6.45) is 9.40. The molecule has 3 nitrogen and oxygen atoms in total. The van der Waals surface area contributed by atoms with Crippen molar-refractivity contribution in [3.8, 4) is 11.5 Å². The summed E-state index contributed by atoms with van der Waals surface area (Å²) in [5.41, 5.74) is 1.51. The summed E-state index contributed by atoms with van der Waals surface area (Å²) in [4.78, 5) is 13.0. The fraction of sp³-hybridized carbons (Fsp3) is 0.263. The summed E-state index contributed by atoms with van der Waals surface area (Å²) in [5, 5.41) is 0. The first-order valence-corrected chi connectivity index (χ1v) is 8.08. The van der Waals surface area contributed by atoms with E-state index in [0.717, 1.165) is 16.2 Å². The minimum atomic E-state index is -0.0416. The second kappa shape index (κ2) is 8.44. The molecule has 0 saturated heterocycles. The van der Waals surface area contributed by atoms with Gasteiger partial charge in [-0.05, 0) is 44.2 Å². The molecule has 2 rings (SSSR count). The minimum Gasteiger partial charge on any atom is -0.494 e. The van der Waals surface area contributed by atoms with Crippen LogP contribution in [0.15, 0.2) is 48.1 Å². The molecule has 0 radical (unpaired) electrons. The number of hydrogen-bond acceptors (Lipinski definition) is 4. The van der Waals surface area contributed by atoms with Gasteiger partial charge < -0.3 is 9.47 Å². The largest absolute Gasteiger partial charge is 0.494 e. The molecule has 0 saturated carbocycles. The van der Waals surface area contributed by atoms with Crippen molar-refractivity contribution in [2.45, 2.75) is 20.3 Å². The van der Waals surface area contributed by atoms with E-state index in [0.29, 0.717) is 31.0 Å². The lowest BCUT2D eigenvalue weighted by Crippen LogP contribution is -2.02. The zero-order chi connectivity index (χ0) is 16.7. The molecule has 23 heavy (non-hydrogen) atoms. The maximum atomic E-state index is 12.2. The maximum Gasteiger partial charge on any atom is 0.185 e. The summed E-state index contributed by atoms with van der Waals surface area (Å²) in [6.45, 7) is 5.01. The average molecular weight is 328 g/mol. The Morgan fingerprint density at radius 3 is 2.65 bits per heavy atom. The lowest BCUT2D eigenvalue weighted by atomic mass is 10.0. The van der Waals surface area contributed by atoms with Crippen molar-refractivity contribution < 1.29 is 14.3 Å². The van der Waals surface area contributed by atoms with Crippen LogP contribution in [-0.4, -0.2) is 23.9 Å². The minimum absolute atomic E-state index is 0.0416. The molecular weight excluding hydrogens is 308 g/mol. The molecule has 1 aliphatic carbocycles. The molecule has 0 unspecified atom stereocenters. The van der Waals surface area contributed by atoms with Crippen molar-refractivity contribution >= 4 is 28.9 Å². The molecular formula is C19H20O3S. The molecule has 0 N–H and O–H groups in total. The highest BCUT2D eigenvalue weighted by atomic mass is 32.1. The molecule has 0 aromatic heterocycles. The van der Waals surface area contributed by atoms with E-state index >= 15 is 0 Å². The van der Waals surface area contributed by atoms with E-state index in [4.69, 9.17) is 21.7 Å². The van der Waals surface area contributed by atoms with E-state index in [1.54, 1.807) is 24.3 Å². The highest BCUT2D eigenvalue weighted by molar-refractivity contribution is 7.80. The third-order valence-corrected chi connectivity index (χ3v) is 3.57. The Kier molecular flexibility index (Phi) is 6.29. The Morgan fingerprint density at radius 1 is 1.22 bits per heavy atom. The highest BCUT2D eigenvalue weighted by Gasteiger charge is 2.08. The van der Waals surface area contributed by atoms with E-state index in [1.165, 1.54) is 0 Å². The molecule has 4 heteroatoms. The van der Waals surface area contributed by atoms with E-state index in [-0.39, 0.29) is 5.78 Å². The first-order chi connectivity index (χ1) is 11.1. The zero-order valence-corrected chi connectivity index (χ0v) is 14.2. The predicted molar refractivity (Wildman–Crippen MR) is 97.3 cm³/mol. The van der Waals surface area contributed by atoms with Crippen LogP contribution in [0, 0.1) is 0 Å². The third kappa shape index (κ3) is 4.89. The van der Waals surface area contributed by atoms with Gasteiger partial charge in [0.2, 0.25) is 0 Å². The van der Waals surface area contributed by atoms with Gasteiger partial charge in [-0.1, -0.05) is 24.4 Å². The molecule has 0 atom stereocenters. The van der Waals surface area contributed by atoms with Crippen molar-refractivity contribution in [3.63, 3.8) is 0 Å². The molecule has 0 amide bonds. The molecule has 1 aromatic carbocycles. The molecule has 1 aromatic rings. The van der Waals surface area contributed by atoms with Crippen molar-refractivity contribution in [1.29, 1.82) is 0 Å². The van der Waals surface area contributed by atoms with Crippen LogP contribution >= 0.6 is 12.2 Å². The Morgan fingerprint density at radius 2 is 2.00 bits per heavy atom. The second-order valence-electron chi connectivity index (χ2n) is 4.93. The predicted octanol–water partition coefficient (Wildman–Crippen LogP) is 4.32. The lowest BCUT2D eigenvalue weighted by molar-refractivity contribution is -0.111. The van der Waals surface area contributed by atoms with Gasteiger partial charge in [-0.15, -0.1) is 0 Å². The highest BCUT2D eigenvalue weighted by Crippen LogP contribution is 2.26. The van der Waals surface area contributed by atoms with Gasteiger partial charge in [-0.2, -0.15) is 0 Å². The lowest BCUT2D eigenvalue weighted by Gasteiger charge is -2.10. The summed E-state index contributed by atoms with van der Waals surface area (Å²) in [7, 11) is 0. The fourth-order valence-corrected chi connectivity index (χ4v) is 2.31. The third-order valence-electron chi connectivity index (χ3n) is 3.27. The SMILES string of the molecule is CCOc1ccc(C=CC(=O)C2=CCC(=S)C=C2)c(OCC)c1. The Balaban J connectivity index is 2.16. The number of thiocarbonyl (C=S) groups is 1. The maximum absolute atomic E-state index is 12.2. The molecule has 0 spiro atoms. The zero-order valence-electron chi connectivity index (χ0n) is 13.4. The van der Waals surface area contributed by atoms with E-state index < -0.39 is 0 Å². The van der Waals surface area contributed by atoms with Crippen LogP contribution in [0.3, 0.4) is 0 Å². The molecule has 1 aliphatic rings. The van der Waals surface area contributed by atoms with Crippen LogP contribution in [0.4, 0.5) is 0 Å². The normalized spacial score (nSPS) is 14.0. The summed E-state index contributed by atoms with van der Waals surface area (Å²) >= 11 is 5.08. The van der Waals surface area contributed by atoms with Gasteiger partial charge in [-0.3, -0.25) is 4.79 Å². The van der Waals surface area contributed by atoms with E-state index in [1.807, 2.05) is 38.1 Å². The summed E-state index contributed by atoms with van der Waals surface area (Å²) < 4.78 is 11.1. The van der Waals surface area contributed by atoms with Crippen LogP contribution in [0.2, 0.25) is 0 Å². The van der Waals surface area contributed by atoms with Gasteiger partial charge in [0.1, 0.15) is 11.5 Å². The van der Waals surface area contributed by atoms with Crippen LogP contribution in [-0.2, 0) is 4.79 Å². The van der Waals surface area contributed by atoms with Crippen molar-refractivity contribution in [2.24, 2.45) is 0 Å². The Hall–Kier alpha value is -2.20.